The third-order valence-corrected chi connectivity index (χ3v) is 2.71. The van der Waals surface area contributed by atoms with Crippen molar-refractivity contribution >= 4 is 8.15 Å². The maximum atomic E-state index is 5.04. The van der Waals surface area contributed by atoms with Gasteiger partial charge in [0, 0.05) is 39.8 Å². The Kier molecular flexibility index (Phi) is 10.1. The average molecular weight is 208 g/mol. The summed E-state index contributed by atoms with van der Waals surface area (Å²) >= 11 is 0. The average Bonchev–Trinajstić information content (AvgIpc) is 1.65. The van der Waals surface area contributed by atoms with Crippen molar-refractivity contribution in [1.82, 2.24) is 0 Å². The van der Waals surface area contributed by atoms with Gasteiger partial charge in [-0.15, -0.1) is 8.15 Å². The Morgan fingerprint density at radius 3 is 1.75 bits per heavy atom. The van der Waals surface area contributed by atoms with Crippen molar-refractivity contribution in [2.75, 3.05) is 13.8 Å². The molecule has 3 heteroatoms. The van der Waals surface area contributed by atoms with Crippen molar-refractivity contribution in [3.05, 3.63) is 5.66 Å². The van der Waals surface area contributed by atoms with Crippen molar-refractivity contribution in [2.24, 2.45) is 0 Å². The molecule has 0 fully saturated rings. The predicted octanol–water partition coefficient (Wildman–Crippen LogP) is 2.23. The van der Waals surface area contributed by atoms with Crippen molar-refractivity contribution in [3.8, 4) is 0 Å². The van der Waals surface area contributed by atoms with Crippen LogP contribution in [0.15, 0.2) is 0 Å². The summed E-state index contributed by atoms with van der Waals surface area (Å²) < 4.78 is 5.04. The van der Waals surface area contributed by atoms with Gasteiger partial charge in [0.1, 0.15) is 0 Å². The molecule has 1 radical (unpaired) electrons. The fourth-order valence-electron chi connectivity index (χ4n) is 0.183. The van der Waals surface area contributed by atoms with Gasteiger partial charge in [-0.1, -0.05) is 0 Å². The summed E-state index contributed by atoms with van der Waals surface area (Å²) in [6.45, 7) is 6.29. The van der Waals surface area contributed by atoms with E-state index in [1.165, 1.54) is 5.66 Å². The van der Waals surface area contributed by atoms with Crippen LogP contribution in [0.1, 0.15) is 13.8 Å². The van der Waals surface area contributed by atoms with Gasteiger partial charge in [-0.2, -0.15) is 13.8 Å². The van der Waals surface area contributed by atoms with E-state index in [4.69, 9.17) is 4.52 Å². The normalized spacial score (nSPS) is 13.1. The number of hydrogen-bond donors (Lipinski definition) is 0. The Bertz CT molecular complexity index is 49.7. The van der Waals surface area contributed by atoms with E-state index < -0.39 is 0 Å². The van der Waals surface area contributed by atoms with Crippen molar-refractivity contribution < 1.29 is 37.2 Å². The molecule has 0 heterocycles. The van der Waals surface area contributed by atoms with Crippen LogP contribution in [0.5, 0.6) is 0 Å². The van der Waals surface area contributed by atoms with Gasteiger partial charge in [-0.05, 0) is 6.66 Å². The number of hydrogen-bond acceptors (Lipinski definition) is 1. The van der Waals surface area contributed by atoms with E-state index >= 15 is 0 Å². The van der Waals surface area contributed by atoms with Gasteiger partial charge in [0.2, 0.25) is 0 Å². The topological polar surface area (TPSA) is 9.23 Å². The maximum absolute atomic E-state index is 5.04. The summed E-state index contributed by atoms with van der Waals surface area (Å²) in [5.41, 5.74) is 1.39. The van der Waals surface area contributed by atoms with Crippen LogP contribution in [0.2, 0.25) is 0 Å². The zero-order valence-electron chi connectivity index (χ0n) is 5.93. The van der Waals surface area contributed by atoms with Crippen molar-refractivity contribution in [1.29, 1.82) is 0 Å². The van der Waals surface area contributed by atoms with Gasteiger partial charge in [-0.3, -0.25) is 5.66 Å². The molecule has 0 aromatic rings. The van der Waals surface area contributed by atoms with Crippen LogP contribution in [0.3, 0.4) is 0 Å². The molecular formula is C5H12OPY-. The van der Waals surface area contributed by atoms with Crippen molar-refractivity contribution in [2.45, 2.75) is 13.8 Å². The van der Waals surface area contributed by atoms with Gasteiger partial charge < -0.3 is 4.52 Å². The Hall–Kier alpha value is 1.49. The van der Waals surface area contributed by atoms with E-state index in [1.807, 2.05) is 0 Å². The molecule has 0 aliphatic rings. The van der Waals surface area contributed by atoms with Gasteiger partial charge in [0.15, 0.2) is 0 Å². The van der Waals surface area contributed by atoms with Gasteiger partial charge in [0.25, 0.3) is 0 Å². The van der Waals surface area contributed by atoms with Crippen LogP contribution in [-0.2, 0) is 37.2 Å². The molecule has 0 aliphatic heterocycles. The Labute approximate surface area is 78.3 Å². The SMILES string of the molecule is COP(C)[C-](C)C.[Y]. The molecule has 1 nitrogen and oxygen atoms in total. The monoisotopic (exact) mass is 208 g/mol. The van der Waals surface area contributed by atoms with Crippen LogP contribution in [0.25, 0.3) is 0 Å². The van der Waals surface area contributed by atoms with Crippen LogP contribution >= 0.6 is 8.15 Å². The van der Waals surface area contributed by atoms with E-state index in [-0.39, 0.29) is 40.9 Å². The molecule has 47 valence electrons. The first-order valence-electron chi connectivity index (χ1n) is 2.26. The predicted molar refractivity (Wildman–Crippen MR) is 34.4 cm³/mol. The van der Waals surface area contributed by atoms with E-state index in [0.717, 1.165) is 0 Å². The van der Waals surface area contributed by atoms with Gasteiger partial charge >= 0.3 is 0 Å². The molecule has 0 aromatic carbocycles. The summed E-state index contributed by atoms with van der Waals surface area (Å²) in [5.74, 6) is 0. The van der Waals surface area contributed by atoms with Crippen LogP contribution < -0.4 is 0 Å². The largest absolute Gasteiger partial charge is 0.395 e. The standard InChI is InChI=1S/C5H12OP.Y/c1-5(2)7(4)6-3;/h1-4H3;/q-1;. The van der Waals surface area contributed by atoms with Crippen molar-refractivity contribution in [3.63, 3.8) is 0 Å². The Balaban J connectivity index is 0. The maximum Gasteiger partial charge on any atom is 0.0363 e. The Morgan fingerprint density at radius 1 is 1.38 bits per heavy atom. The summed E-state index contributed by atoms with van der Waals surface area (Å²) in [6, 6.07) is 0. The first-order valence-corrected chi connectivity index (χ1v) is 3.97. The fraction of sp³-hybridized carbons (Fsp3) is 0.800. The fourth-order valence-corrected chi connectivity index (χ4v) is 0.548. The van der Waals surface area contributed by atoms with E-state index in [0.29, 0.717) is 0 Å². The number of rotatable bonds is 2. The van der Waals surface area contributed by atoms with Gasteiger partial charge in [-0.25, -0.2) is 0 Å². The van der Waals surface area contributed by atoms with Crippen LogP contribution in [0, 0.1) is 5.66 Å². The molecular weight excluding hydrogens is 196 g/mol. The minimum Gasteiger partial charge on any atom is -0.395 e. The summed E-state index contributed by atoms with van der Waals surface area (Å²) in [6.07, 6.45) is 0. The molecule has 8 heavy (non-hydrogen) atoms. The zero-order chi connectivity index (χ0) is 5.86. The third kappa shape index (κ3) is 5.63. The molecule has 0 bridgehead atoms. The molecule has 0 saturated heterocycles. The molecule has 1 unspecified atom stereocenters. The second-order valence-corrected chi connectivity index (χ2v) is 3.88. The zero-order valence-corrected chi connectivity index (χ0v) is 9.67. The second-order valence-electron chi connectivity index (χ2n) is 1.63. The second kappa shape index (κ2) is 6.61. The molecule has 0 saturated carbocycles. The van der Waals surface area contributed by atoms with Gasteiger partial charge in [0.05, 0.1) is 0 Å². The summed E-state index contributed by atoms with van der Waals surface area (Å²) in [7, 11) is 1.53. The molecule has 1 atom stereocenters. The summed E-state index contributed by atoms with van der Waals surface area (Å²) in [4.78, 5) is 0. The van der Waals surface area contributed by atoms with E-state index in [2.05, 4.69) is 20.5 Å². The molecule has 0 aliphatic carbocycles. The Morgan fingerprint density at radius 2 is 1.75 bits per heavy atom. The minimum atomic E-state index is -0.221. The molecule has 0 rings (SSSR count). The first-order chi connectivity index (χ1) is 3.18. The quantitative estimate of drug-likeness (QED) is 0.499. The van der Waals surface area contributed by atoms with E-state index in [1.54, 1.807) is 7.11 Å². The minimum absolute atomic E-state index is 0. The molecule has 0 amide bonds. The van der Waals surface area contributed by atoms with Crippen LogP contribution in [-0.4, -0.2) is 13.8 Å². The van der Waals surface area contributed by atoms with E-state index in [9.17, 15) is 0 Å². The molecule has 0 N–H and O–H groups in total. The molecule has 0 spiro atoms. The summed E-state index contributed by atoms with van der Waals surface area (Å²) in [5, 5.41) is 0. The third-order valence-electron chi connectivity index (χ3n) is 0.904. The first kappa shape index (κ1) is 12.2. The smallest absolute Gasteiger partial charge is 0.0363 e. The van der Waals surface area contributed by atoms with Crippen LogP contribution in [0.4, 0.5) is 0 Å². The molecule has 0 aromatic heterocycles.